The van der Waals surface area contributed by atoms with Crippen LogP contribution in [0.15, 0.2) is 23.3 Å². The minimum atomic E-state index is -0.275. The molecule has 8 rings (SSSR count). The lowest BCUT2D eigenvalue weighted by Crippen LogP contribution is -2.52. The third-order valence-electron chi connectivity index (χ3n) is 17.3. The van der Waals surface area contributed by atoms with Gasteiger partial charge >= 0.3 is 11.9 Å². The van der Waals surface area contributed by atoms with E-state index in [1.807, 2.05) is 0 Å². The van der Waals surface area contributed by atoms with Gasteiger partial charge in [-0.3, -0.25) is 4.79 Å². The highest BCUT2D eigenvalue weighted by Crippen LogP contribution is 2.73. The Labute approximate surface area is 332 Å². The van der Waals surface area contributed by atoms with Crippen LogP contribution in [0.3, 0.4) is 0 Å². The number of allylic oxidation sites excluding steroid dienone is 2. The van der Waals surface area contributed by atoms with Crippen molar-refractivity contribution in [1.29, 1.82) is 0 Å². The molecule has 304 valence electrons. The number of cyclic esters (lactones) is 2. The molecule has 7 nitrogen and oxygen atoms in total. The summed E-state index contributed by atoms with van der Waals surface area (Å²) in [5.41, 5.74) is 10.4. The summed E-state index contributed by atoms with van der Waals surface area (Å²) in [6.45, 7) is 17.3. The molecule has 2 saturated heterocycles. The molecule has 0 bridgehead atoms. The minimum Gasteiger partial charge on any atom is -0.460 e. The average molecular weight is 770 g/mol. The average Bonchev–Trinajstić information content (AvgIpc) is 3.97. The van der Waals surface area contributed by atoms with E-state index in [4.69, 9.17) is 15.2 Å². The Hall–Kier alpha value is -1.86. The van der Waals surface area contributed by atoms with Crippen molar-refractivity contribution < 1.29 is 23.9 Å². The van der Waals surface area contributed by atoms with Crippen molar-refractivity contribution in [2.75, 3.05) is 13.2 Å². The van der Waals surface area contributed by atoms with Crippen molar-refractivity contribution in [3.05, 3.63) is 23.3 Å². The fourth-order valence-electron chi connectivity index (χ4n) is 14.6. The second-order valence-electron chi connectivity index (χ2n) is 21.2. The second-order valence-corrected chi connectivity index (χ2v) is 21.2. The summed E-state index contributed by atoms with van der Waals surface area (Å²) in [7, 11) is 0. The van der Waals surface area contributed by atoms with Crippen molar-refractivity contribution in [3.63, 3.8) is 0 Å². The lowest BCUT2D eigenvalue weighted by molar-refractivity contribution is -0.136. The lowest BCUT2D eigenvalue weighted by Gasteiger charge is -2.60. The van der Waals surface area contributed by atoms with Crippen LogP contribution in [0.4, 0.5) is 0 Å². The van der Waals surface area contributed by atoms with Crippen molar-refractivity contribution in [2.24, 2.45) is 61.9 Å². The Morgan fingerprint density at radius 1 is 0.685 bits per heavy atom. The fourth-order valence-corrected chi connectivity index (χ4v) is 14.6. The molecule has 3 N–H and O–H groups in total. The number of hydrogen-bond acceptors (Lipinski definition) is 6. The van der Waals surface area contributed by atoms with Gasteiger partial charge in [0.15, 0.2) is 0 Å². The number of nitrogens with one attached hydrogen (secondary N) is 1. The highest BCUT2D eigenvalue weighted by Gasteiger charge is 2.64. The molecule has 2 spiro atoms. The van der Waals surface area contributed by atoms with Gasteiger partial charge in [-0.05, 0) is 159 Å². The summed E-state index contributed by atoms with van der Waals surface area (Å²) in [4.78, 5) is 35.4. The molecule has 0 radical (unpaired) electrons. The van der Waals surface area contributed by atoms with Crippen LogP contribution in [-0.2, 0) is 23.9 Å². The Morgan fingerprint density at radius 3 is 1.56 bits per heavy atom. The smallest absolute Gasteiger partial charge is 0.336 e. The molecule has 8 heteroatoms. The van der Waals surface area contributed by atoms with E-state index in [1.54, 1.807) is 0 Å². The van der Waals surface area contributed by atoms with Crippen molar-refractivity contribution in [2.45, 2.75) is 176 Å². The molecule has 6 saturated carbocycles. The van der Waals surface area contributed by atoms with E-state index in [9.17, 15) is 14.4 Å². The summed E-state index contributed by atoms with van der Waals surface area (Å²) < 4.78 is 10.3. The summed E-state index contributed by atoms with van der Waals surface area (Å²) in [6.07, 6.45) is 28.0. The molecule has 0 unspecified atom stereocenters. The van der Waals surface area contributed by atoms with E-state index in [0.29, 0.717) is 50.2 Å². The number of nitrogens with two attached hydrogens (primary N) is 1. The first-order valence-corrected chi connectivity index (χ1v) is 21.7. The lowest BCUT2D eigenvalue weighted by atomic mass is 9.45. The molecule has 1 amide bonds. The van der Waals surface area contributed by atoms with Crippen molar-refractivity contribution >= 4 is 30.3 Å². The van der Waals surface area contributed by atoms with Crippen LogP contribution in [0.2, 0.25) is 0 Å². The molecule has 0 aromatic rings. The maximum atomic E-state index is 12.1. The summed E-state index contributed by atoms with van der Waals surface area (Å²) in [6, 6.07) is -0.492. The number of carbonyl (C=O) groups excluding carboxylic acids is 3. The third-order valence-corrected chi connectivity index (χ3v) is 17.3. The van der Waals surface area contributed by atoms with Gasteiger partial charge in [0.2, 0.25) is 5.91 Å². The van der Waals surface area contributed by atoms with E-state index < -0.39 is 0 Å². The summed E-state index contributed by atoms with van der Waals surface area (Å²) in [5.74, 6) is 2.68. The maximum absolute atomic E-state index is 12.1. The molecule has 8 aliphatic rings. The molecule has 0 aromatic heterocycles. The molecule has 8 atom stereocenters. The zero-order chi connectivity index (χ0) is 38.0. The molecule has 54 heavy (non-hydrogen) atoms. The first-order valence-electron chi connectivity index (χ1n) is 21.7. The van der Waals surface area contributed by atoms with Gasteiger partial charge in [0.25, 0.3) is 0 Å². The maximum Gasteiger partial charge on any atom is 0.336 e. The van der Waals surface area contributed by atoms with Gasteiger partial charge in [-0.1, -0.05) is 66.5 Å². The predicted molar refractivity (Wildman–Crippen MR) is 217 cm³/mol. The van der Waals surface area contributed by atoms with E-state index in [-0.39, 0.29) is 48.9 Å². The van der Waals surface area contributed by atoms with E-state index in [2.05, 4.69) is 59.0 Å². The molecule has 2 aliphatic heterocycles. The van der Waals surface area contributed by atoms with Gasteiger partial charge < -0.3 is 20.5 Å². The Morgan fingerprint density at radius 2 is 1.13 bits per heavy atom. The zero-order valence-electron chi connectivity index (χ0n) is 34.8. The standard InChI is InChI=1S/C24H37NO3.C22H35NO2.ClH/c1-16(26)25-18-15-28-21(27)17(18)7-5-8-20-23(4)11-6-10-22(2,3)19(23)9-12-24(20)13-14-24;1-20(2)9-5-10-21(3)17(20)8-11-22(12-13-22)18(21)7-4-6-15-16(23)14-25-19(15)24;/h7,18-20H,5-6,8-15H2,1-4H3,(H,25,26);6,16-18H,4-5,7-14,23H2,1-3H3;1H/b17-7+;15-6+;/t18-,19+,20-,23+;16-,17+,18-,21+;/m11./s1. The number of rotatable bonds is 7. The van der Waals surface area contributed by atoms with E-state index in [1.165, 1.54) is 103 Å². The van der Waals surface area contributed by atoms with Gasteiger partial charge in [0, 0.05) is 6.92 Å². The van der Waals surface area contributed by atoms with Gasteiger partial charge in [0.05, 0.1) is 23.2 Å². The number of amides is 1. The molecule has 8 fully saturated rings. The monoisotopic (exact) mass is 769 g/mol. The number of carbonyl (C=O) groups is 3. The SMILES string of the molecule is CC(=O)N[C@@H]1COC(=O)/C1=C/CC[C@H]1C2(CC[C@H]3C(C)(C)CCC[C@@]31C)CC2.CC1(C)CCC[C@@]2(C)[C@H]1CCC1(CC1)[C@@H]2CC/C=C1/C(=O)OC[C@H]1N.Cl. The summed E-state index contributed by atoms with van der Waals surface area (Å²) in [5, 5.41) is 2.85. The highest BCUT2D eigenvalue weighted by atomic mass is 35.5. The van der Waals surface area contributed by atoms with Gasteiger partial charge in [-0.15, -0.1) is 12.4 Å². The fraction of sp³-hybridized carbons (Fsp3) is 0.848. The Bertz CT molecular complexity index is 1510. The minimum absolute atomic E-state index is 0. The Balaban J connectivity index is 0.000000182. The van der Waals surface area contributed by atoms with Gasteiger partial charge in [-0.2, -0.15) is 0 Å². The molecular formula is C46H73ClN2O5. The summed E-state index contributed by atoms with van der Waals surface area (Å²) >= 11 is 0. The molecule has 2 heterocycles. The topological polar surface area (TPSA) is 108 Å². The second kappa shape index (κ2) is 15.1. The number of fused-ring (bicyclic) bond motifs is 2. The van der Waals surface area contributed by atoms with Crippen LogP contribution in [0, 0.1) is 56.2 Å². The molecule has 6 aliphatic carbocycles. The van der Waals surface area contributed by atoms with Crippen LogP contribution < -0.4 is 11.1 Å². The van der Waals surface area contributed by atoms with Crippen molar-refractivity contribution in [1.82, 2.24) is 5.32 Å². The quantitative estimate of drug-likeness (QED) is 0.197. The highest BCUT2D eigenvalue weighted by molar-refractivity contribution is 5.93. The first kappa shape index (κ1) is 41.8. The largest absolute Gasteiger partial charge is 0.460 e. The Kier molecular flexibility index (Phi) is 11.7. The molecule has 0 aromatic carbocycles. The normalized spacial score (nSPS) is 40.4. The number of ether oxygens (including phenoxy) is 2. The zero-order valence-corrected chi connectivity index (χ0v) is 35.6. The van der Waals surface area contributed by atoms with E-state index >= 15 is 0 Å². The van der Waals surface area contributed by atoms with Crippen molar-refractivity contribution in [3.8, 4) is 0 Å². The van der Waals surface area contributed by atoms with Crippen LogP contribution >= 0.6 is 12.4 Å². The predicted octanol–water partition coefficient (Wildman–Crippen LogP) is 9.80. The van der Waals surface area contributed by atoms with Crippen LogP contribution in [0.1, 0.15) is 164 Å². The molecular weight excluding hydrogens is 696 g/mol. The van der Waals surface area contributed by atoms with E-state index in [0.717, 1.165) is 42.9 Å². The number of esters is 2. The number of hydrogen-bond donors (Lipinski definition) is 2. The van der Waals surface area contributed by atoms with Crippen LogP contribution in [0.5, 0.6) is 0 Å². The third kappa shape index (κ3) is 7.61. The van der Waals surface area contributed by atoms with Crippen LogP contribution in [-0.4, -0.2) is 43.1 Å². The van der Waals surface area contributed by atoms with Crippen LogP contribution in [0.25, 0.3) is 0 Å². The van der Waals surface area contributed by atoms with Gasteiger partial charge in [0.1, 0.15) is 13.2 Å². The van der Waals surface area contributed by atoms with Gasteiger partial charge in [-0.25, -0.2) is 9.59 Å². The number of halogens is 1. The first-order chi connectivity index (χ1) is 25.0.